The minimum absolute atomic E-state index is 0.305. The van der Waals surface area contributed by atoms with Crippen LogP contribution in [0.5, 0.6) is 0 Å². The molecule has 1 fully saturated rings. The van der Waals surface area contributed by atoms with Crippen molar-refractivity contribution in [3.8, 4) is 16.9 Å². The zero-order valence-electron chi connectivity index (χ0n) is 16.1. The van der Waals surface area contributed by atoms with E-state index in [-0.39, 0.29) is 11.7 Å². The van der Waals surface area contributed by atoms with E-state index in [1.54, 1.807) is 30.1 Å². The number of carbonyl (C=O) groups is 1. The number of hydrogen-bond donors (Lipinski definition) is 1. The first-order valence-electron chi connectivity index (χ1n) is 9.59. The summed E-state index contributed by atoms with van der Waals surface area (Å²) in [5.74, 6) is -1.43. The Morgan fingerprint density at radius 1 is 1.28 bits per heavy atom. The lowest BCUT2D eigenvalue weighted by Crippen LogP contribution is -2.38. The highest BCUT2D eigenvalue weighted by molar-refractivity contribution is 5.70. The molecule has 0 aliphatic carbocycles. The van der Waals surface area contributed by atoms with Gasteiger partial charge >= 0.3 is 5.97 Å². The molecule has 1 aromatic carbocycles. The normalized spacial score (nSPS) is 17.4. The van der Waals surface area contributed by atoms with Crippen LogP contribution in [0.3, 0.4) is 0 Å². The molecule has 1 aliphatic rings. The third kappa shape index (κ3) is 4.02. The molecular weight excluding hydrogens is 373 g/mol. The minimum atomic E-state index is -0.761. The van der Waals surface area contributed by atoms with E-state index in [1.165, 1.54) is 6.07 Å². The van der Waals surface area contributed by atoms with Crippen LogP contribution in [0.1, 0.15) is 24.1 Å². The van der Waals surface area contributed by atoms with Crippen LogP contribution in [-0.4, -0.2) is 49.0 Å². The van der Waals surface area contributed by atoms with Crippen LogP contribution < -0.4 is 0 Å². The van der Waals surface area contributed by atoms with Crippen LogP contribution in [0.2, 0.25) is 0 Å². The van der Waals surface area contributed by atoms with Crippen molar-refractivity contribution >= 4 is 5.97 Å². The number of likely N-dealkylation sites (tertiary alicyclic amines) is 1. The van der Waals surface area contributed by atoms with E-state index in [4.69, 9.17) is 0 Å². The molecule has 1 atom stereocenters. The van der Waals surface area contributed by atoms with Gasteiger partial charge in [-0.25, -0.2) is 9.07 Å². The largest absolute Gasteiger partial charge is 0.481 e. The minimum Gasteiger partial charge on any atom is -0.481 e. The second-order valence-electron chi connectivity index (χ2n) is 7.38. The van der Waals surface area contributed by atoms with Crippen molar-refractivity contribution in [1.29, 1.82) is 0 Å². The number of hydrogen-bond acceptors (Lipinski definition) is 5. The summed E-state index contributed by atoms with van der Waals surface area (Å²) in [6.45, 7) is 3.49. The van der Waals surface area contributed by atoms with Gasteiger partial charge in [-0.1, -0.05) is 11.3 Å². The molecular formula is C21H22FN5O2. The van der Waals surface area contributed by atoms with Crippen molar-refractivity contribution in [3.05, 3.63) is 59.8 Å². The van der Waals surface area contributed by atoms with Crippen molar-refractivity contribution in [3.63, 3.8) is 0 Å². The van der Waals surface area contributed by atoms with Crippen molar-refractivity contribution in [2.75, 3.05) is 13.1 Å². The van der Waals surface area contributed by atoms with Crippen LogP contribution in [0.25, 0.3) is 16.9 Å². The van der Waals surface area contributed by atoms with Crippen LogP contribution in [0, 0.1) is 18.7 Å². The molecule has 3 heterocycles. The molecule has 4 rings (SSSR count). The summed E-state index contributed by atoms with van der Waals surface area (Å²) in [6, 6.07) is 8.69. The Morgan fingerprint density at radius 2 is 2.07 bits per heavy atom. The van der Waals surface area contributed by atoms with Crippen LogP contribution >= 0.6 is 0 Å². The topological polar surface area (TPSA) is 84.1 Å². The lowest BCUT2D eigenvalue weighted by Gasteiger charge is -2.30. The van der Waals surface area contributed by atoms with Gasteiger partial charge in [0.05, 0.1) is 17.3 Å². The van der Waals surface area contributed by atoms with Gasteiger partial charge in [0.1, 0.15) is 11.5 Å². The maximum Gasteiger partial charge on any atom is 0.307 e. The van der Waals surface area contributed by atoms with Gasteiger partial charge < -0.3 is 5.11 Å². The molecule has 3 aromatic rings. The van der Waals surface area contributed by atoms with Gasteiger partial charge in [-0.05, 0) is 56.1 Å². The van der Waals surface area contributed by atoms with Gasteiger partial charge in [0.15, 0.2) is 0 Å². The summed E-state index contributed by atoms with van der Waals surface area (Å²) in [7, 11) is 0. The van der Waals surface area contributed by atoms with Crippen molar-refractivity contribution in [2.45, 2.75) is 26.3 Å². The molecule has 150 valence electrons. The van der Waals surface area contributed by atoms with Gasteiger partial charge in [0.25, 0.3) is 0 Å². The van der Waals surface area contributed by atoms with Crippen molar-refractivity contribution in [1.82, 2.24) is 24.9 Å². The highest BCUT2D eigenvalue weighted by Gasteiger charge is 2.27. The number of carboxylic acid groups (broad SMARTS) is 1. The Labute approximate surface area is 167 Å². The number of piperidine rings is 1. The second kappa shape index (κ2) is 8.08. The Kier molecular flexibility index (Phi) is 5.35. The summed E-state index contributed by atoms with van der Waals surface area (Å²) < 4.78 is 15.8. The number of halogens is 1. The average molecular weight is 395 g/mol. The lowest BCUT2D eigenvalue weighted by atomic mass is 9.98. The Morgan fingerprint density at radius 3 is 2.79 bits per heavy atom. The standard InChI is InChI=1S/C21H22FN5O2/c1-14-4-5-17(11-18(14)22)27-20(15-6-8-23-9-7-15)19(24-25-27)13-26-10-2-3-16(12-26)21(28)29/h4-9,11,16H,2-3,10,12-13H2,1H3,(H,28,29). The van der Waals surface area contributed by atoms with Crippen LogP contribution in [0.4, 0.5) is 4.39 Å². The second-order valence-corrected chi connectivity index (χ2v) is 7.38. The number of carboxylic acids is 1. The fourth-order valence-corrected chi connectivity index (χ4v) is 3.72. The number of aromatic nitrogens is 4. The van der Waals surface area contributed by atoms with Gasteiger partial charge in [-0.3, -0.25) is 14.7 Å². The number of nitrogens with zero attached hydrogens (tertiary/aromatic N) is 5. The molecule has 0 spiro atoms. The smallest absolute Gasteiger partial charge is 0.307 e. The summed E-state index contributed by atoms with van der Waals surface area (Å²) in [4.78, 5) is 17.6. The summed E-state index contributed by atoms with van der Waals surface area (Å²) in [5.41, 5.74) is 3.50. The molecule has 0 amide bonds. The zero-order chi connectivity index (χ0) is 20.4. The number of benzene rings is 1. The fraction of sp³-hybridized carbons (Fsp3) is 0.333. The number of rotatable bonds is 5. The monoisotopic (exact) mass is 395 g/mol. The average Bonchev–Trinajstić information content (AvgIpc) is 3.14. The number of aliphatic carboxylic acids is 1. The molecule has 1 N–H and O–H groups in total. The van der Waals surface area contributed by atoms with E-state index in [0.29, 0.717) is 30.8 Å². The first kappa shape index (κ1) is 19.2. The van der Waals surface area contributed by atoms with Gasteiger partial charge in [-0.15, -0.1) is 5.10 Å². The molecule has 8 heteroatoms. The van der Waals surface area contributed by atoms with Gasteiger partial charge in [0, 0.05) is 31.0 Å². The van der Waals surface area contributed by atoms with Gasteiger partial charge in [0.2, 0.25) is 0 Å². The predicted molar refractivity (Wildman–Crippen MR) is 105 cm³/mol. The Balaban J connectivity index is 1.72. The maximum atomic E-state index is 14.2. The van der Waals surface area contributed by atoms with E-state index < -0.39 is 5.97 Å². The maximum absolute atomic E-state index is 14.2. The molecule has 0 radical (unpaired) electrons. The Bertz CT molecular complexity index is 1020. The Hall–Kier alpha value is -3.13. The van der Waals surface area contributed by atoms with E-state index in [2.05, 4.69) is 20.2 Å². The summed E-state index contributed by atoms with van der Waals surface area (Å²) >= 11 is 0. The van der Waals surface area contributed by atoms with Gasteiger partial charge in [-0.2, -0.15) is 0 Å². The molecule has 1 saturated heterocycles. The van der Waals surface area contributed by atoms with E-state index in [9.17, 15) is 14.3 Å². The van der Waals surface area contributed by atoms with Crippen molar-refractivity contribution in [2.24, 2.45) is 5.92 Å². The van der Waals surface area contributed by atoms with E-state index in [0.717, 1.165) is 29.9 Å². The quantitative estimate of drug-likeness (QED) is 0.715. The first-order chi connectivity index (χ1) is 14.0. The molecule has 1 aliphatic heterocycles. The highest BCUT2D eigenvalue weighted by Crippen LogP contribution is 2.28. The van der Waals surface area contributed by atoms with E-state index in [1.807, 2.05) is 18.2 Å². The lowest BCUT2D eigenvalue weighted by molar-refractivity contribution is -0.143. The fourth-order valence-electron chi connectivity index (χ4n) is 3.72. The molecule has 1 unspecified atom stereocenters. The molecule has 0 saturated carbocycles. The van der Waals surface area contributed by atoms with Crippen LogP contribution in [0.15, 0.2) is 42.7 Å². The molecule has 0 bridgehead atoms. The summed E-state index contributed by atoms with van der Waals surface area (Å²) in [5, 5.41) is 18.0. The van der Waals surface area contributed by atoms with Crippen molar-refractivity contribution < 1.29 is 14.3 Å². The SMILES string of the molecule is Cc1ccc(-n2nnc(CN3CCCC(C(=O)O)C3)c2-c2ccncc2)cc1F. The van der Waals surface area contributed by atoms with E-state index >= 15 is 0 Å². The molecule has 29 heavy (non-hydrogen) atoms. The summed E-state index contributed by atoms with van der Waals surface area (Å²) in [6.07, 6.45) is 4.90. The first-order valence-corrected chi connectivity index (χ1v) is 9.59. The predicted octanol–water partition coefficient (Wildman–Crippen LogP) is 3.07. The third-order valence-electron chi connectivity index (χ3n) is 5.32. The highest BCUT2D eigenvalue weighted by atomic mass is 19.1. The number of pyridine rings is 1. The molecule has 7 nitrogen and oxygen atoms in total. The molecule has 2 aromatic heterocycles. The number of aryl methyl sites for hydroxylation is 1. The third-order valence-corrected chi connectivity index (χ3v) is 5.32. The van der Waals surface area contributed by atoms with Crippen LogP contribution in [-0.2, 0) is 11.3 Å². The zero-order valence-corrected chi connectivity index (χ0v) is 16.1.